The van der Waals surface area contributed by atoms with Crippen LogP contribution in [0.25, 0.3) is 0 Å². The van der Waals surface area contributed by atoms with Crippen LogP contribution in [-0.2, 0) is 0 Å². The molecule has 1 aliphatic carbocycles. The molecule has 0 spiro atoms. The number of ether oxygens (including phenoxy) is 1. The van der Waals surface area contributed by atoms with Crippen LogP contribution in [0.3, 0.4) is 0 Å². The monoisotopic (exact) mass is 454 g/mol. The van der Waals surface area contributed by atoms with Gasteiger partial charge in [-0.25, -0.2) is 4.98 Å². The number of fused-ring (bicyclic) bond motifs is 1. The summed E-state index contributed by atoms with van der Waals surface area (Å²) in [7, 11) is 0. The van der Waals surface area contributed by atoms with Gasteiger partial charge in [0, 0.05) is 17.8 Å². The highest BCUT2D eigenvalue weighted by Gasteiger charge is 2.25. The Kier molecular flexibility index (Phi) is 6.74. The average molecular weight is 455 g/mol. The molecule has 2 aromatic rings. The third-order valence-corrected chi connectivity index (χ3v) is 6.20. The van der Waals surface area contributed by atoms with Gasteiger partial charge < -0.3 is 25.8 Å². The number of amides is 1. The van der Waals surface area contributed by atoms with Gasteiger partial charge in [-0.1, -0.05) is 25.3 Å². The molecule has 0 atom stereocenters. The van der Waals surface area contributed by atoms with Crippen LogP contribution in [-0.4, -0.2) is 34.9 Å². The van der Waals surface area contributed by atoms with Gasteiger partial charge in [0.05, 0.1) is 28.9 Å². The van der Waals surface area contributed by atoms with E-state index in [1.807, 2.05) is 38.1 Å². The van der Waals surface area contributed by atoms with Crippen molar-refractivity contribution in [2.75, 3.05) is 16.6 Å². The highest BCUT2D eigenvalue weighted by atomic mass is 32.2. The number of carbonyl (C=O) groups excluding carboxylic acids is 1. The fourth-order valence-corrected chi connectivity index (χ4v) is 4.45. The van der Waals surface area contributed by atoms with Crippen molar-refractivity contribution in [3.63, 3.8) is 0 Å². The maximum absolute atomic E-state index is 12.9. The summed E-state index contributed by atoms with van der Waals surface area (Å²) in [5.74, 6) is 1.62. The van der Waals surface area contributed by atoms with Crippen molar-refractivity contribution in [3.05, 3.63) is 47.7 Å². The van der Waals surface area contributed by atoms with Crippen molar-refractivity contribution >= 4 is 35.4 Å². The van der Waals surface area contributed by atoms with E-state index in [2.05, 4.69) is 24.7 Å². The first kappa shape index (κ1) is 22.3. The molecule has 0 radical (unpaired) electrons. The molecule has 0 saturated heterocycles. The summed E-state index contributed by atoms with van der Waals surface area (Å²) >= 11 is 1.19. The molecule has 9 heteroatoms. The number of aromatic nitrogens is 1. The van der Waals surface area contributed by atoms with E-state index in [1.54, 1.807) is 12.3 Å². The predicted molar refractivity (Wildman–Crippen MR) is 130 cm³/mol. The van der Waals surface area contributed by atoms with E-state index < -0.39 is 5.54 Å². The SMILES string of the molecule is CC(C)(COc1cccc2c1C(N)=NSN2)NC(=O)c1ccnc(NC2CCCCC2)c1. The topological polar surface area (TPSA) is 114 Å². The number of anilines is 2. The fourth-order valence-electron chi connectivity index (χ4n) is 3.95. The number of hydrogen-bond acceptors (Lipinski definition) is 8. The first-order chi connectivity index (χ1) is 15.4. The van der Waals surface area contributed by atoms with Crippen molar-refractivity contribution < 1.29 is 9.53 Å². The quantitative estimate of drug-likeness (QED) is 0.466. The molecule has 8 nitrogen and oxygen atoms in total. The van der Waals surface area contributed by atoms with Gasteiger partial charge in [0.25, 0.3) is 5.91 Å². The second kappa shape index (κ2) is 9.68. The summed E-state index contributed by atoms with van der Waals surface area (Å²) in [6.45, 7) is 4.12. The van der Waals surface area contributed by atoms with E-state index in [1.165, 1.54) is 31.4 Å². The molecule has 2 heterocycles. The Labute approximate surface area is 193 Å². The van der Waals surface area contributed by atoms with Crippen molar-refractivity contribution in [1.29, 1.82) is 0 Å². The fraction of sp³-hybridized carbons (Fsp3) is 0.435. The van der Waals surface area contributed by atoms with E-state index in [9.17, 15) is 4.79 Å². The molecule has 1 aliphatic heterocycles. The van der Waals surface area contributed by atoms with E-state index in [-0.39, 0.29) is 12.5 Å². The third kappa shape index (κ3) is 5.45. The van der Waals surface area contributed by atoms with Crippen LogP contribution in [0.15, 0.2) is 40.9 Å². The van der Waals surface area contributed by atoms with Crippen LogP contribution in [0.2, 0.25) is 0 Å². The first-order valence-electron chi connectivity index (χ1n) is 11.0. The molecule has 5 N–H and O–H groups in total. The summed E-state index contributed by atoms with van der Waals surface area (Å²) in [5, 5.41) is 6.54. The predicted octanol–water partition coefficient (Wildman–Crippen LogP) is 4.11. The Morgan fingerprint density at radius 1 is 1.28 bits per heavy atom. The number of nitrogens with two attached hydrogens (primary N) is 1. The summed E-state index contributed by atoms with van der Waals surface area (Å²) in [5.41, 5.74) is 7.61. The number of rotatable bonds is 7. The van der Waals surface area contributed by atoms with Gasteiger partial charge in [-0.3, -0.25) is 4.79 Å². The van der Waals surface area contributed by atoms with Gasteiger partial charge in [0.1, 0.15) is 24.0 Å². The van der Waals surface area contributed by atoms with Gasteiger partial charge in [0.2, 0.25) is 0 Å². The van der Waals surface area contributed by atoms with E-state index in [0.717, 1.165) is 29.9 Å². The number of nitrogens with zero attached hydrogens (tertiary/aromatic N) is 2. The average Bonchev–Trinajstić information content (AvgIpc) is 2.78. The standard InChI is InChI=1S/C23H30N6O2S/c1-23(2,14-31-18-10-6-9-17-20(18)21(24)29-32-28-17)27-22(30)15-11-12-25-19(13-15)26-16-7-4-3-5-8-16/h6,9-13,16,28H,3-5,7-8,14H2,1-2H3,(H2,24,29)(H,25,26)(H,27,30). The lowest BCUT2D eigenvalue weighted by Crippen LogP contribution is -2.48. The van der Waals surface area contributed by atoms with Crippen molar-refractivity contribution in [2.45, 2.75) is 57.5 Å². The van der Waals surface area contributed by atoms with Crippen LogP contribution >= 0.6 is 12.1 Å². The van der Waals surface area contributed by atoms with Crippen molar-refractivity contribution in [3.8, 4) is 5.75 Å². The van der Waals surface area contributed by atoms with Crippen molar-refractivity contribution in [2.24, 2.45) is 10.1 Å². The van der Waals surface area contributed by atoms with Crippen LogP contribution in [0.4, 0.5) is 11.5 Å². The zero-order chi connectivity index (χ0) is 22.6. The highest BCUT2D eigenvalue weighted by Crippen LogP contribution is 2.32. The van der Waals surface area contributed by atoms with Gasteiger partial charge >= 0.3 is 0 Å². The maximum Gasteiger partial charge on any atom is 0.252 e. The molecule has 1 aromatic carbocycles. The van der Waals surface area contributed by atoms with E-state index in [0.29, 0.717) is 23.2 Å². The minimum atomic E-state index is -0.608. The van der Waals surface area contributed by atoms with Crippen molar-refractivity contribution in [1.82, 2.24) is 10.3 Å². The normalized spacial score (nSPS) is 16.4. The Morgan fingerprint density at radius 3 is 2.91 bits per heavy atom. The lowest BCUT2D eigenvalue weighted by atomic mass is 9.95. The molecule has 1 amide bonds. The lowest BCUT2D eigenvalue weighted by Gasteiger charge is -2.28. The van der Waals surface area contributed by atoms with Gasteiger partial charge in [-0.05, 0) is 51.0 Å². The number of carbonyl (C=O) groups is 1. The largest absolute Gasteiger partial charge is 0.490 e. The zero-order valence-electron chi connectivity index (χ0n) is 18.5. The molecule has 1 aromatic heterocycles. The molecule has 170 valence electrons. The molecular weight excluding hydrogens is 424 g/mol. The molecule has 0 unspecified atom stereocenters. The Bertz CT molecular complexity index is 1000. The maximum atomic E-state index is 12.9. The molecular formula is C23H30N6O2S. The number of amidine groups is 1. The number of nitrogens with one attached hydrogen (secondary N) is 3. The van der Waals surface area contributed by atoms with Gasteiger partial charge in [-0.2, -0.15) is 4.40 Å². The minimum Gasteiger partial charge on any atom is -0.490 e. The number of hydrogen-bond donors (Lipinski definition) is 4. The van der Waals surface area contributed by atoms with Crippen LogP contribution < -0.4 is 25.8 Å². The van der Waals surface area contributed by atoms with Crippen LogP contribution in [0, 0.1) is 0 Å². The summed E-state index contributed by atoms with van der Waals surface area (Å²) in [4.78, 5) is 17.3. The Morgan fingerprint density at radius 2 is 2.09 bits per heavy atom. The number of pyridine rings is 1. The van der Waals surface area contributed by atoms with Crippen LogP contribution in [0.5, 0.6) is 5.75 Å². The molecule has 1 fully saturated rings. The van der Waals surface area contributed by atoms with Crippen LogP contribution in [0.1, 0.15) is 61.9 Å². The third-order valence-electron chi connectivity index (χ3n) is 5.60. The van der Waals surface area contributed by atoms with E-state index >= 15 is 0 Å². The minimum absolute atomic E-state index is 0.165. The molecule has 4 rings (SSSR count). The smallest absolute Gasteiger partial charge is 0.252 e. The zero-order valence-corrected chi connectivity index (χ0v) is 19.3. The Hall–Kier alpha value is -2.94. The van der Waals surface area contributed by atoms with Gasteiger partial charge in [0.15, 0.2) is 0 Å². The summed E-state index contributed by atoms with van der Waals surface area (Å²) in [6, 6.07) is 9.64. The molecule has 2 aliphatic rings. The number of benzene rings is 1. The molecule has 32 heavy (non-hydrogen) atoms. The van der Waals surface area contributed by atoms with Gasteiger partial charge in [-0.15, -0.1) is 0 Å². The second-order valence-corrected chi connectivity index (χ2v) is 9.45. The first-order valence-corrected chi connectivity index (χ1v) is 11.8. The Balaban J connectivity index is 1.38. The van der Waals surface area contributed by atoms with E-state index in [4.69, 9.17) is 10.5 Å². The lowest BCUT2D eigenvalue weighted by molar-refractivity contribution is 0.0880. The second-order valence-electron chi connectivity index (χ2n) is 8.88. The molecule has 0 bridgehead atoms. The summed E-state index contributed by atoms with van der Waals surface area (Å²) in [6.07, 6.45) is 7.75. The molecule has 1 saturated carbocycles. The highest BCUT2D eigenvalue weighted by molar-refractivity contribution is 7.99. The summed E-state index contributed by atoms with van der Waals surface area (Å²) < 4.78 is 13.3.